The molecule has 0 saturated heterocycles. The van der Waals surface area contributed by atoms with Crippen molar-refractivity contribution >= 4 is 34.9 Å². The molecule has 0 radical (unpaired) electrons. The molecular formula is C26H31N3O4S. The van der Waals surface area contributed by atoms with E-state index in [-0.39, 0.29) is 24.4 Å². The molecule has 0 aliphatic carbocycles. The number of hydrogen-bond donors (Lipinski definition) is 2. The maximum Gasteiger partial charge on any atom is 0.338 e. The molecule has 2 N–H and O–H groups in total. The van der Waals surface area contributed by atoms with Gasteiger partial charge in [-0.3, -0.25) is 4.79 Å². The second-order valence-corrected chi connectivity index (χ2v) is 8.97. The lowest BCUT2D eigenvalue weighted by molar-refractivity contribution is -0.140. The summed E-state index contributed by atoms with van der Waals surface area (Å²) in [4.78, 5) is 27.1. The van der Waals surface area contributed by atoms with Crippen molar-refractivity contribution in [2.75, 3.05) is 25.6 Å². The number of nitrogens with one attached hydrogen (secondary N) is 2. The molecule has 0 unspecified atom stereocenters. The Labute approximate surface area is 206 Å². The lowest BCUT2D eigenvalue weighted by Crippen LogP contribution is -2.46. The zero-order valence-corrected chi connectivity index (χ0v) is 20.8. The van der Waals surface area contributed by atoms with E-state index in [0.717, 1.165) is 16.8 Å². The minimum Gasteiger partial charge on any atom is -0.462 e. The Hall–Kier alpha value is -3.23. The molecule has 2 aromatic carbocycles. The van der Waals surface area contributed by atoms with Crippen molar-refractivity contribution < 1.29 is 19.1 Å². The minimum absolute atomic E-state index is 0.0680. The van der Waals surface area contributed by atoms with E-state index in [1.165, 1.54) is 0 Å². The summed E-state index contributed by atoms with van der Waals surface area (Å²) in [6, 6.07) is 16.5. The van der Waals surface area contributed by atoms with Crippen LogP contribution in [0.4, 0.5) is 5.69 Å². The largest absolute Gasteiger partial charge is 0.462 e. The van der Waals surface area contributed by atoms with Gasteiger partial charge in [0.25, 0.3) is 0 Å². The Morgan fingerprint density at radius 1 is 1.15 bits per heavy atom. The summed E-state index contributed by atoms with van der Waals surface area (Å²) < 4.78 is 11.1. The SMILES string of the molecule is CC1=C(C(=O)OCC(C)C)[C@@H](c2cccc(NC(=O)COCc3ccccc3)c2)NC(=S)N1C. The molecule has 2 aromatic rings. The molecule has 1 aliphatic heterocycles. The highest BCUT2D eigenvalue weighted by Gasteiger charge is 2.33. The number of nitrogens with zero attached hydrogens (tertiary/aromatic N) is 1. The number of carbonyl (C=O) groups excluding carboxylic acids is 2. The third-order valence-electron chi connectivity index (χ3n) is 5.37. The second-order valence-electron chi connectivity index (χ2n) is 8.58. The molecule has 8 heteroatoms. The van der Waals surface area contributed by atoms with Crippen molar-refractivity contribution in [3.63, 3.8) is 0 Å². The van der Waals surface area contributed by atoms with Crippen LogP contribution in [0.1, 0.15) is 37.9 Å². The Balaban J connectivity index is 1.72. The van der Waals surface area contributed by atoms with E-state index < -0.39 is 6.04 Å². The molecule has 7 nitrogen and oxygen atoms in total. The molecule has 34 heavy (non-hydrogen) atoms. The first-order valence-electron chi connectivity index (χ1n) is 11.2. The Kier molecular flexibility index (Phi) is 8.79. The predicted octanol–water partition coefficient (Wildman–Crippen LogP) is 4.18. The van der Waals surface area contributed by atoms with Gasteiger partial charge in [-0.05, 0) is 48.3 Å². The van der Waals surface area contributed by atoms with Crippen LogP contribution >= 0.6 is 12.2 Å². The van der Waals surface area contributed by atoms with Gasteiger partial charge in [0.2, 0.25) is 5.91 Å². The van der Waals surface area contributed by atoms with E-state index in [2.05, 4.69) is 10.6 Å². The van der Waals surface area contributed by atoms with E-state index in [1.54, 1.807) is 11.0 Å². The fourth-order valence-corrected chi connectivity index (χ4v) is 3.75. The first kappa shape index (κ1) is 25.4. The monoisotopic (exact) mass is 481 g/mol. The van der Waals surface area contributed by atoms with Crippen molar-refractivity contribution in [3.05, 3.63) is 77.0 Å². The number of allylic oxidation sites excluding steroid dienone is 1. The second kappa shape index (κ2) is 11.8. The number of rotatable bonds is 9. The minimum atomic E-state index is -0.491. The molecule has 0 aromatic heterocycles. The maximum atomic E-state index is 13.0. The fourth-order valence-electron chi connectivity index (χ4n) is 3.50. The van der Waals surface area contributed by atoms with Crippen LogP contribution in [-0.2, 0) is 25.7 Å². The fraction of sp³-hybridized carbons (Fsp3) is 0.346. The van der Waals surface area contributed by atoms with Crippen LogP contribution in [0.5, 0.6) is 0 Å². The summed E-state index contributed by atoms with van der Waals surface area (Å²) in [7, 11) is 1.81. The number of thiocarbonyl (C=S) groups is 1. The number of esters is 1. The molecule has 3 rings (SSSR count). The third-order valence-corrected chi connectivity index (χ3v) is 5.76. The van der Waals surface area contributed by atoms with Crippen molar-refractivity contribution in [2.24, 2.45) is 5.92 Å². The lowest BCUT2D eigenvalue weighted by atomic mass is 9.94. The summed E-state index contributed by atoms with van der Waals surface area (Å²) >= 11 is 5.46. The zero-order valence-electron chi connectivity index (χ0n) is 20.0. The topological polar surface area (TPSA) is 79.9 Å². The van der Waals surface area contributed by atoms with Gasteiger partial charge in [-0.25, -0.2) is 4.79 Å². The zero-order chi connectivity index (χ0) is 24.7. The van der Waals surface area contributed by atoms with Gasteiger partial charge in [-0.1, -0.05) is 56.3 Å². The van der Waals surface area contributed by atoms with Crippen molar-refractivity contribution in [1.29, 1.82) is 0 Å². The molecule has 1 atom stereocenters. The van der Waals surface area contributed by atoms with E-state index in [1.807, 2.05) is 76.3 Å². The van der Waals surface area contributed by atoms with Crippen molar-refractivity contribution in [3.8, 4) is 0 Å². The van der Waals surface area contributed by atoms with Gasteiger partial charge < -0.3 is 25.0 Å². The predicted molar refractivity (Wildman–Crippen MR) is 136 cm³/mol. The standard InChI is InChI=1S/C26H31N3O4S/c1-17(2)14-33-25(31)23-18(3)29(4)26(34)28-24(23)20-11-8-12-21(13-20)27-22(30)16-32-15-19-9-6-5-7-10-19/h5-13,17,24H,14-16H2,1-4H3,(H,27,30)(H,28,34)/t24-/m1/s1. The number of amides is 1. The molecule has 1 aliphatic rings. The van der Waals surface area contributed by atoms with E-state index >= 15 is 0 Å². The van der Waals surface area contributed by atoms with E-state index in [9.17, 15) is 9.59 Å². The molecule has 1 heterocycles. The van der Waals surface area contributed by atoms with Crippen LogP contribution in [0.25, 0.3) is 0 Å². The summed E-state index contributed by atoms with van der Waals surface area (Å²) in [5, 5.41) is 6.59. The van der Waals surface area contributed by atoms with Gasteiger partial charge in [0, 0.05) is 18.4 Å². The van der Waals surface area contributed by atoms with Crippen molar-refractivity contribution in [1.82, 2.24) is 10.2 Å². The van der Waals surface area contributed by atoms with Crippen LogP contribution in [0, 0.1) is 5.92 Å². The van der Waals surface area contributed by atoms with Gasteiger partial charge >= 0.3 is 5.97 Å². The first-order chi connectivity index (χ1) is 16.3. The summed E-state index contributed by atoms with van der Waals surface area (Å²) in [6.07, 6.45) is 0. The number of carbonyl (C=O) groups is 2. The number of anilines is 1. The maximum absolute atomic E-state index is 13.0. The molecule has 180 valence electrons. The van der Waals surface area contributed by atoms with Crippen LogP contribution in [-0.4, -0.2) is 42.2 Å². The average Bonchev–Trinajstić information content (AvgIpc) is 2.81. The van der Waals surface area contributed by atoms with Crippen molar-refractivity contribution in [2.45, 2.75) is 33.4 Å². The van der Waals surface area contributed by atoms with Gasteiger partial charge in [0.1, 0.15) is 6.61 Å². The summed E-state index contributed by atoms with van der Waals surface area (Å²) in [5.41, 5.74) is 3.61. The van der Waals surface area contributed by atoms with Gasteiger partial charge in [0.05, 0.1) is 24.8 Å². The first-order valence-corrected chi connectivity index (χ1v) is 11.6. The van der Waals surface area contributed by atoms with Gasteiger partial charge in [0.15, 0.2) is 5.11 Å². The number of ether oxygens (including phenoxy) is 2. The molecule has 0 bridgehead atoms. The Bertz CT molecular complexity index is 1070. The highest BCUT2D eigenvalue weighted by molar-refractivity contribution is 7.80. The molecular weight excluding hydrogens is 450 g/mol. The third kappa shape index (κ3) is 6.65. The average molecular weight is 482 g/mol. The Morgan fingerprint density at radius 3 is 2.59 bits per heavy atom. The smallest absolute Gasteiger partial charge is 0.338 e. The molecule has 0 spiro atoms. The lowest BCUT2D eigenvalue weighted by Gasteiger charge is -2.35. The van der Waals surface area contributed by atoms with E-state index in [4.69, 9.17) is 21.7 Å². The van der Waals surface area contributed by atoms with Gasteiger partial charge in [-0.2, -0.15) is 0 Å². The normalized spacial score (nSPS) is 15.9. The van der Waals surface area contributed by atoms with Crippen LogP contribution in [0.15, 0.2) is 65.9 Å². The van der Waals surface area contributed by atoms with E-state index in [0.29, 0.717) is 29.6 Å². The summed E-state index contributed by atoms with van der Waals surface area (Å²) in [6.45, 7) is 6.44. The van der Waals surface area contributed by atoms with Crippen LogP contribution < -0.4 is 10.6 Å². The number of benzene rings is 2. The van der Waals surface area contributed by atoms with Gasteiger partial charge in [-0.15, -0.1) is 0 Å². The van der Waals surface area contributed by atoms with Crippen LogP contribution in [0.3, 0.4) is 0 Å². The summed E-state index contributed by atoms with van der Waals surface area (Å²) in [5.74, 6) is -0.425. The highest BCUT2D eigenvalue weighted by Crippen LogP contribution is 2.32. The molecule has 0 fully saturated rings. The van der Waals surface area contributed by atoms with Crippen LogP contribution in [0.2, 0.25) is 0 Å². The quantitative estimate of drug-likeness (QED) is 0.411. The number of hydrogen-bond acceptors (Lipinski definition) is 5. The Morgan fingerprint density at radius 2 is 1.88 bits per heavy atom. The highest BCUT2D eigenvalue weighted by atomic mass is 32.1. The molecule has 1 amide bonds. The molecule has 0 saturated carbocycles.